The van der Waals surface area contributed by atoms with E-state index in [0.717, 1.165) is 76.0 Å². The number of halogens is 5. The summed E-state index contributed by atoms with van der Waals surface area (Å²) in [4.78, 5) is 38.1. The highest BCUT2D eigenvalue weighted by Gasteiger charge is 2.57. The second-order valence-corrected chi connectivity index (χ2v) is 16.7. The number of aromatic nitrogens is 2. The predicted molar refractivity (Wildman–Crippen MR) is 181 cm³/mol. The third kappa shape index (κ3) is 6.30. The molecular weight excluding hydrogens is 685 g/mol. The summed E-state index contributed by atoms with van der Waals surface area (Å²) in [6.07, 6.45) is 5.81. The molecule has 4 atom stereocenters. The molecule has 2 aromatic rings. The number of hydrogen-bond donors (Lipinski definition) is 2. The zero-order valence-electron chi connectivity index (χ0n) is 29.4. The number of carboxylic acids is 1. The molecule has 6 aliphatic rings. The first-order valence-electron chi connectivity index (χ1n) is 18.9. The number of ether oxygens (including phenoxy) is 1. The maximum atomic E-state index is 14.7. The van der Waals surface area contributed by atoms with E-state index >= 15 is 0 Å². The zero-order valence-corrected chi connectivity index (χ0v) is 29.4. The van der Waals surface area contributed by atoms with Gasteiger partial charge in [0.05, 0.1) is 24.8 Å². The van der Waals surface area contributed by atoms with Crippen LogP contribution in [0.1, 0.15) is 112 Å². The van der Waals surface area contributed by atoms with Gasteiger partial charge in [0.2, 0.25) is 5.95 Å². The Morgan fingerprint density at radius 3 is 2.40 bits per heavy atom. The molecule has 2 N–H and O–H groups in total. The van der Waals surface area contributed by atoms with Gasteiger partial charge in [-0.05, 0) is 106 Å². The zero-order chi connectivity index (χ0) is 36.6. The summed E-state index contributed by atoms with van der Waals surface area (Å²) in [6.45, 7) is 2.05. The number of carbonyl (C=O) groups is 2. The molecule has 282 valence electrons. The minimum Gasteiger partial charge on any atom is -0.490 e. The van der Waals surface area contributed by atoms with Crippen molar-refractivity contribution in [1.82, 2.24) is 20.2 Å². The molecule has 3 heterocycles. The monoisotopic (exact) mass is 731 g/mol. The molecule has 52 heavy (non-hydrogen) atoms. The van der Waals surface area contributed by atoms with Gasteiger partial charge >= 0.3 is 12.1 Å². The minimum absolute atomic E-state index is 0.0558. The maximum absolute atomic E-state index is 14.7. The van der Waals surface area contributed by atoms with E-state index in [4.69, 9.17) is 4.74 Å². The van der Waals surface area contributed by atoms with Gasteiger partial charge in [-0.1, -0.05) is 26.2 Å². The van der Waals surface area contributed by atoms with Crippen molar-refractivity contribution in [1.29, 1.82) is 0 Å². The van der Waals surface area contributed by atoms with Gasteiger partial charge in [-0.2, -0.15) is 13.2 Å². The van der Waals surface area contributed by atoms with Crippen LogP contribution in [0.15, 0.2) is 24.4 Å². The summed E-state index contributed by atoms with van der Waals surface area (Å²) in [5.41, 5.74) is -2.49. The van der Waals surface area contributed by atoms with Gasteiger partial charge < -0.3 is 20.1 Å². The molecular formula is C38H46F5N5O4. The summed E-state index contributed by atoms with van der Waals surface area (Å²) in [7, 11) is 0. The fourth-order valence-corrected chi connectivity index (χ4v) is 10.6. The number of carbonyl (C=O) groups excluding carboxylic acids is 1. The molecule has 1 aromatic carbocycles. The molecule has 1 aromatic heterocycles. The number of alkyl halides is 5. The molecule has 4 saturated carbocycles. The van der Waals surface area contributed by atoms with E-state index in [9.17, 15) is 36.6 Å². The number of fused-ring (bicyclic) bond motifs is 4. The van der Waals surface area contributed by atoms with Gasteiger partial charge in [0.15, 0.2) is 5.69 Å². The smallest absolute Gasteiger partial charge is 0.434 e. The van der Waals surface area contributed by atoms with Crippen LogP contribution in [0.4, 0.5) is 33.6 Å². The van der Waals surface area contributed by atoms with Crippen molar-refractivity contribution in [3.05, 3.63) is 41.2 Å². The van der Waals surface area contributed by atoms with Crippen molar-refractivity contribution in [2.75, 3.05) is 24.5 Å². The molecule has 2 aliphatic heterocycles. The molecule has 9 nitrogen and oxygen atoms in total. The highest BCUT2D eigenvalue weighted by atomic mass is 19.4. The fourth-order valence-electron chi connectivity index (χ4n) is 10.6. The summed E-state index contributed by atoms with van der Waals surface area (Å²) in [5, 5.41) is 12.8. The van der Waals surface area contributed by atoms with E-state index in [1.165, 1.54) is 0 Å². The number of likely N-dealkylation sites (tertiary alicyclic amines) is 1. The van der Waals surface area contributed by atoms with Gasteiger partial charge in [-0.3, -0.25) is 9.69 Å². The lowest BCUT2D eigenvalue weighted by atomic mass is 9.71. The number of carboxylic acid groups (broad SMARTS) is 1. The summed E-state index contributed by atoms with van der Waals surface area (Å²) in [6, 6.07) is 5.79. The van der Waals surface area contributed by atoms with Gasteiger partial charge in [-0.15, -0.1) is 0 Å². The fraction of sp³-hybridized carbons (Fsp3) is 0.684. The Morgan fingerprint density at radius 2 is 1.73 bits per heavy atom. The number of hydrogen-bond acceptors (Lipinski definition) is 7. The van der Waals surface area contributed by atoms with Crippen LogP contribution in [0.25, 0.3) is 0 Å². The molecule has 1 spiro atoms. The van der Waals surface area contributed by atoms with Crippen LogP contribution >= 0.6 is 0 Å². The first-order valence-corrected chi connectivity index (χ1v) is 18.9. The van der Waals surface area contributed by atoms with Crippen molar-refractivity contribution in [2.45, 2.75) is 126 Å². The summed E-state index contributed by atoms with van der Waals surface area (Å²) >= 11 is 0. The van der Waals surface area contributed by atoms with Crippen LogP contribution in [-0.2, 0) is 16.4 Å². The SMILES string of the molecule is CC1CC2CC(C1)C(NC(=O)c1cnc(N3CC4(CCCCC4)c4cc(O[C@H]5CC[C@@H](N6CC(F)(F)C6)CC5)ccc43)nc1C(F)(F)F)(C(=O)O)C2. The molecule has 4 aliphatic carbocycles. The third-order valence-corrected chi connectivity index (χ3v) is 13.0. The van der Waals surface area contributed by atoms with Gasteiger partial charge in [0.25, 0.3) is 11.8 Å². The Bertz CT molecular complexity index is 1720. The molecule has 4 unspecified atom stereocenters. The van der Waals surface area contributed by atoms with Crippen LogP contribution in [0.2, 0.25) is 0 Å². The summed E-state index contributed by atoms with van der Waals surface area (Å²) < 4.78 is 77.4. The molecule has 2 bridgehead atoms. The first-order chi connectivity index (χ1) is 24.6. The van der Waals surface area contributed by atoms with E-state index in [2.05, 4.69) is 15.3 Å². The predicted octanol–water partition coefficient (Wildman–Crippen LogP) is 7.50. The second-order valence-electron chi connectivity index (χ2n) is 16.7. The normalized spacial score (nSPS) is 32.3. The Morgan fingerprint density at radius 1 is 1.00 bits per heavy atom. The van der Waals surface area contributed by atoms with Gasteiger partial charge in [0, 0.05) is 29.9 Å². The highest BCUT2D eigenvalue weighted by molar-refractivity contribution is 5.99. The number of benzene rings is 1. The average Bonchev–Trinajstić information content (AvgIpc) is 3.53. The lowest BCUT2D eigenvalue weighted by molar-refractivity contribution is -0.151. The number of aliphatic carboxylic acids is 1. The average molecular weight is 732 g/mol. The van der Waals surface area contributed by atoms with Crippen molar-refractivity contribution in [3.8, 4) is 5.75 Å². The Balaban J connectivity index is 1.05. The number of nitrogens with one attached hydrogen (secondary N) is 1. The van der Waals surface area contributed by atoms with Gasteiger partial charge in [0.1, 0.15) is 11.3 Å². The number of nitrogens with zero attached hydrogens (tertiary/aromatic N) is 4. The van der Waals surface area contributed by atoms with Crippen LogP contribution in [0.3, 0.4) is 0 Å². The minimum atomic E-state index is -5.00. The highest BCUT2D eigenvalue weighted by Crippen LogP contribution is 2.53. The van der Waals surface area contributed by atoms with Crippen LogP contribution in [0, 0.1) is 17.8 Å². The van der Waals surface area contributed by atoms with Crippen molar-refractivity contribution in [3.63, 3.8) is 0 Å². The largest absolute Gasteiger partial charge is 0.490 e. The molecule has 8 rings (SSSR count). The maximum Gasteiger partial charge on any atom is 0.434 e. The van der Waals surface area contributed by atoms with Crippen LogP contribution in [-0.4, -0.2) is 75.1 Å². The van der Waals surface area contributed by atoms with Crippen LogP contribution < -0.4 is 15.0 Å². The Kier molecular flexibility index (Phi) is 8.73. The van der Waals surface area contributed by atoms with Crippen LogP contribution in [0.5, 0.6) is 5.75 Å². The summed E-state index contributed by atoms with van der Waals surface area (Å²) in [5.74, 6) is -4.46. The second kappa shape index (κ2) is 12.8. The van der Waals surface area contributed by atoms with Crippen molar-refractivity contribution in [2.24, 2.45) is 17.8 Å². The van der Waals surface area contributed by atoms with E-state index < -0.39 is 40.8 Å². The topological polar surface area (TPSA) is 108 Å². The Hall–Kier alpha value is -3.55. The number of rotatable bonds is 7. The van der Waals surface area contributed by atoms with E-state index in [1.54, 1.807) is 4.90 Å². The first kappa shape index (κ1) is 35.5. The number of amides is 1. The van der Waals surface area contributed by atoms with E-state index in [-0.39, 0.29) is 60.8 Å². The quantitative estimate of drug-likeness (QED) is 0.282. The van der Waals surface area contributed by atoms with Crippen molar-refractivity contribution >= 4 is 23.5 Å². The molecule has 14 heteroatoms. The number of anilines is 2. The van der Waals surface area contributed by atoms with Gasteiger partial charge in [-0.25, -0.2) is 23.5 Å². The molecule has 1 saturated heterocycles. The van der Waals surface area contributed by atoms with Crippen molar-refractivity contribution < 1.29 is 41.4 Å². The lowest BCUT2D eigenvalue weighted by Gasteiger charge is -2.46. The standard InChI is InChI=1S/C38H46F5N5O4/c1-22-13-23-15-24(14-22)37(17-23,33(50)51)46-32(49)28-18-44-34(45-31(28)38(41,42)43)48-19-35(11-3-2-4-12-35)29-16-27(9-10-30(29)48)52-26-7-5-25(6-8-26)47-20-36(39,40)21-47/h9-10,16,18,22-26H,2-8,11-15,17,19-21H2,1H3,(H,46,49)(H,50,51)/t22?,23?,24?,25-,26+,37?. The molecule has 5 fully saturated rings. The lowest BCUT2D eigenvalue weighted by Crippen LogP contribution is -2.60. The van der Waals surface area contributed by atoms with E-state index in [1.807, 2.05) is 30.0 Å². The molecule has 1 amide bonds. The Labute approximate surface area is 299 Å². The molecule has 0 radical (unpaired) electrons. The van der Waals surface area contributed by atoms with E-state index in [0.29, 0.717) is 30.8 Å². The third-order valence-electron chi connectivity index (χ3n) is 13.0.